The quantitative estimate of drug-likeness (QED) is 0.554. The monoisotopic (exact) mass is 410 g/mol. The highest BCUT2D eigenvalue weighted by atomic mass is 32.2. The van der Waals surface area contributed by atoms with Crippen molar-refractivity contribution in [1.29, 1.82) is 0 Å². The lowest BCUT2D eigenvalue weighted by atomic mass is 9.97. The third-order valence-electron chi connectivity index (χ3n) is 4.16. The average molecular weight is 411 g/mol. The summed E-state index contributed by atoms with van der Waals surface area (Å²) in [5, 5.41) is 13.7. The van der Waals surface area contributed by atoms with Crippen LogP contribution in [0.2, 0.25) is 0 Å². The van der Waals surface area contributed by atoms with Crippen molar-refractivity contribution < 1.29 is 9.59 Å². The Bertz CT molecular complexity index is 732. The van der Waals surface area contributed by atoms with E-state index in [2.05, 4.69) is 27.0 Å². The van der Waals surface area contributed by atoms with E-state index < -0.39 is 0 Å². The van der Waals surface area contributed by atoms with Gasteiger partial charge in [0.05, 0.1) is 5.92 Å². The number of likely N-dealkylation sites (tertiary alicyclic amines) is 1. The molecule has 0 radical (unpaired) electrons. The molecule has 1 unspecified atom stereocenters. The molecule has 0 saturated carbocycles. The summed E-state index contributed by atoms with van der Waals surface area (Å²) in [4.78, 5) is 27.7. The molecule has 0 aliphatic carbocycles. The molecule has 0 spiro atoms. The Balaban J connectivity index is 1.50. The van der Waals surface area contributed by atoms with Gasteiger partial charge in [-0.15, -0.1) is 21.5 Å². The van der Waals surface area contributed by atoms with Gasteiger partial charge in [-0.3, -0.25) is 9.59 Å². The van der Waals surface area contributed by atoms with E-state index in [4.69, 9.17) is 0 Å². The number of hydrogen-bond donors (Lipinski definition) is 1. The van der Waals surface area contributed by atoms with Crippen LogP contribution in [-0.4, -0.2) is 40.0 Å². The molecule has 0 aromatic carbocycles. The Kier molecular flexibility index (Phi) is 7.04. The third kappa shape index (κ3) is 5.28. The number of amides is 2. The van der Waals surface area contributed by atoms with Crippen LogP contribution < -0.4 is 5.32 Å². The summed E-state index contributed by atoms with van der Waals surface area (Å²) in [6, 6.07) is 4.13. The molecule has 1 atom stereocenters. The molecule has 3 rings (SSSR count). The smallest absolute Gasteiger partial charge is 0.231 e. The average Bonchev–Trinajstić information content (AvgIpc) is 3.32. The SMILES string of the molecule is CCCC(=O)N1CCCC(C(=O)Nc2nnc(SCc3cccs3)s2)C1. The number of nitrogens with zero attached hydrogens (tertiary/aromatic N) is 3. The minimum absolute atomic E-state index is 0.0649. The topological polar surface area (TPSA) is 75.2 Å². The zero-order valence-electron chi connectivity index (χ0n) is 14.6. The molecule has 9 heteroatoms. The largest absolute Gasteiger partial charge is 0.342 e. The molecule has 140 valence electrons. The molecule has 2 aromatic rings. The van der Waals surface area contributed by atoms with E-state index in [1.807, 2.05) is 17.9 Å². The first-order valence-corrected chi connectivity index (χ1v) is 11.4. The summed E-state index contributed by atoms with van der Waals surface area (Å²) >= 11 is 4.74. The molecule has 1 saturated heterocycles. The summed E-state index contributed by atoms with van der Waals surface area (Å²) in [5.74, 6) is 0.769. The number of piperidine rings is 1. The van der Waals surface area contributed by atoms with Gasteiger partial charge in [0.15, 0.2) is 4.34 Å². The maximum absolute atomic E-state index is 12.5. The number of rotatable bonds is 7. The molecule has 1 aliphatic heterocycles. The van der Waals surface area contributed by atoms with Crippen molar-refractivity contribution in [3.8, 4) is 0 Å². The summed E-state index contributed by atoms with van der Waals surface area (Å²) in [6.45, 7) is 3.25. The van der Waals surface area contributed by atoms with Gasteiger partial charge in [-0.25, -0.2) is 0 Å². The fraction of sp³-hybridized carbons (Fsp3) is 0.529. The van der Waals surface area contributed by atoms with Crippen molar-refractivity contribution in [2.75, 3.05) is 18.4 Å². The number of aromatic nitrogens is 2. The Hall–Kier alpha value is -1.45. The molecule has 1 N–H and O–H groups in total. The van der Waals surface area contributed by atoms with E-state index in [1.165, 1.54) is 16.2 Å². The van der Waals surface area contributed by atoms with Gasteiger partial charge in [0, 0.05) is 30.1 Å². The minimum Gasteiger partial charge on any atom is -0.342 e. The molecule has 2 amide bonds. The fourth-order valence-electron chi connectivity index (χ4n) is 2.84. The molecule has 0 bridgehead atoms. The predicted molar refractivity (Wildman–Crippen MR) is 107 cm³/mol. The first-order chi connectivity index (χ1) is 12.7. The van der Waals surface area contributed by atoms with Crippen molar-refractivity contribution in [2.45, 2.75) is 42.7 Å². The number of thiophene rings is 1. The molecule has 3 heterocycles. The maximum atomic E-state index is 12.5. The fourth-order valence-corrected chi connectivity index (χ4v) is 5.37. The molecule has 1 fully saturated rings. The van der Waals surface area contributed by atoms with Gasteiger partial charge in [0.25, 0.3) is 0 Å². The summed E-state index contributed by atoms with van der Waals surface area (Å²) in [5.41, 5.74) is 0. The zero-order valence-corrected chi connectivity index (χ0v) is 17.1. The second-order valence-corrected chi connectivity index (χ2v) is 9.39. The van der Waals surface area contributed by atoms with E-state index >= 15 is 0 Å². The van der Waals surface area contributed by atoms with E-state index in [0.717, 1.165) is 35.9 Å². The lowest BCUT2D eigenvalue weighted by Gasteiger charge is -2.31. The van der Waals surface area contributed by atoms with E-state index in [-0.39, 0.29) is 17.7 Å². The summed E-state index contributed by atoms with van der Waals surface area (Å²) < 4.78 is 0.845. The predicted octanol–water partition coefficient (Wildman–Crippen LogP) is 3.87. The molecular weight excluding hydrogens is 388 g/mol. The minimum atomic E-state index is -0.171. The van der Waals surface area contributed by atoms with Crippen LogP contribution in [0.4, 0.5) is 5.13 Å². The van der Waals surface area contributed by atoms with E-state index in [0.29, 0.717) is 18.1 Å². The van der Waals surface area contributed by atoms with Gasteiger partial charge in [-0.05, 0) is 30.7 Å². The number of anilines is 1. The van der Waals surface area contributed by atoms with Crippen LogP contribution in [0.3, 0.4) is 0 Å². The van der Waals surface area contributed by atoms with Crippen LogP contribution in [0.1, 0.15) is 37.5 Å². The van der Waals surface area contributed by atoms with Crippen molar-refractivity contribution in [3.63, 3.8) is 0 Å². The Labute approximate surface area is 165 Å². The number of thioether (sulfide) groups is 1. The second-order valence-electron chi connectivity index (χ2n) is 6.16. The Morgan fingerprint density at radius 1 is 1.42 bits per heavy atom. The van der Waals surface area contributed by atoms with Gasteiger partial charge in [-0.1, -0.05) is 36.1 Å². The number of carbonyl (C=O) groups excluding carboxylic acids is 2. The van der Waals surface area contributed by atoms with Gasteiger partial charge in [-0.2, -0.15) is 0 Å². The second kappa shape index (κ2) is 9.48. The number of hydrogen-bond acceptors (Lipinski definition) is 7. The van der Waals surface area contributed by atoms with E-state index in [1.54, 1.807) is 23.1 Å². The third-order valence-corrected chi connectivity index (χ3v) is 7.24. The van der Waals surface area contributed by atoms with Crippen LogP contribution in [0.5, 0.6) is 0 Å². The number of carbonyl (C=O) groups is 2. The summed E-state index contributed by atoms with van der Waals surface area (Å²) in [6.07, 6.45) is 3.06. The zero-order chi connectivity index (χ0) is 18.4. The Morgan fingerprint density at radius 2 is 2.31 bits per heavy atom. The summed E-state index contributed by atoms with van der Waals surface area (Å²) in [7, 11) is 0. The first-order valence-electron chi connectivity index (χ1n) is 8.73. The normalized spacial score (nSPS) is 17.3. The molecule has 2 aromatic heterocycles. The van der Waals surface area contributed by atoms with Crippen molar-refractivity contribution in [1.82, 2.24) is 15.1 Å². The molecule has 26 heavy (non-hydrogen) atoms. The van der Waals surface area contributed by atoms with Crippen molar-refractivity contribution in [3.05, 3.63) is 22.4 Å². The lowest BCUT2D eigenvalue weighted by molar-refractivity contribution is -0.134. The van der Waals surface area contributed by atoms with Gasteiger partial charge in [0.2, 0.25) is 16.9 Å². The first kappa shape index (κ1) is 19.3. The van der Waals surface area contributed by atoms with Gasteiger partial charge < -0.3 is 10.2 Å². The van der Waals surface area contributed by atoms with Crippen LogP contribution in [-0.2, 0) is 15.3 Å². The van der Waals surface area contributed by atoms with Gasteiger partial charge in [0.1, 0.15) is 0 Å². The molecular formula is C17H22N4O2S3. The maximum Gasteiger partial charge on any atom is 0.231 e. The molecule has 1 aliphatic rings. The highest BCUT2D eigenvalue weighted by Gasteiger charge is 2.28. The highest BCUT2D eigenvalue weighted by Crippen LogP contribution is 2.30. The van der Waals surface area contributed by atoms with Crippen LogP contribution in [0.25, 0.3) is 0 Å². The number of nitrogens with one attached hydrogen (secondary N) is 1. The van der Waals surface area contributed by atoms with Crippen LogP contribution in [0.15, 0.2) is 21.9 Å². The van der Waals surface area contributed by atoms with Crippen LogP contribution >= 0.6 is 34.4 Å². The Morgan fingerprint density at radius 3 is 3.08 bits per heavy atom. The van der Waals surface area contributed by atoms with E-state index in [9.17, 15) is 9.59 Å². The highest BCUT2D eigenvalue weighted by molar-refractivity contribution is 8.00. The molecule has 6 nitrogen and oxygen atoms in total. The van der Waals surface area contributed by atoms with Crippen molar-refractivity contribution in [2.24, 2.45) is 5.92 Å². The van der Waals surface area contributed by atoms with Gasteiger partial charge >= 0.3 is 0 Å². The van der Waals surface area contributed by atoms with Crippen molar-refractivity contribution >= 4 is 51.4 Å². The standard InChI is InChI=1S/C17H22N4O2S3/c1-2-5-14(22)21-8-3-6-12(10-21)15(23)18-16-19-20-17(26-16)25-11-13-7-4-9-24-13/h4,7,9,12H,2-3,5-6,8,10-11H2,1H3,(H,18,19,23). The van der Waals surface area contributed by atoms with Crippen LogP contribution in [0, 0.1) is 5.92 Å². The lowest BCUT2D eigenvalue weighted by Crippen LogP contribution is -2.43.